The molecule has 2 rings (SSSR count). The Hall–Kier alpha value is -1.72. The number of benzene rings is 1. The Balaban J connectivity index is 1.97. The predicted molar refractivity (Wildman–Crippen MR) is 83.6 cm³/mol. The molecule has 5 heteroatoms. The molecule has 1 fully saturated rings. The van der Waals surface area contributed by atoms with Crippen molar-refractivity contribution in [3.8, 4) is 0 Å². The molecule has 0 radical (unpaired) electrons. The standard InChI is InChI=1S/C16H23N3O2/c1-12(20)14-7-3-4-8-15(14)18-16(21)11-19-9-5-6-13(19)10-17-2/h3-4,7-8,13,17H,5-6,9-11H2,1-2H3,(H,18,21). The van der Waals surface area contributed by atoms with Crippen LogP contribution in [0.1, 0.15) is 30.1 Å². The number of rotatable bonds is 6. The number of para-hydroxylation sites is 1. The first-order chi connectivity index (χ1) is 10.1. The van der Waals surface area contributed by atoms with Crippen molar-refractivity contribution >= 4 is 17.4 Å². The third-order valence-corrected chi connectivity index (χ3v) is 3.87. The molecule has 5 nitrogen and oxygen atoms in total. The summed E-state index contributed by atoms with van der Waals surface area (Å²) in [6, 6.07) is 7.54. The van der Waals surface area contributed by atoms with Crippen molar-refractivity contribution in [3.05, 3.63) is 29.8 Å². The van der Waals surface area contributed by atoms with E-state index < -0.39 is 0 Å². The van der Waals surface area contributed by atoms with E-state index in [4.69, 9.17) is 0 Å². The zero-order chi connectivity index (χ0) is 15.2. The first-order valence-electron chi connectivity index (χ1n) is 7.40. The van der Waals surface area contributed by atoms with Crippen LogP contribution in [0.4, 0.5) is 5.69 Å². The largest absolute Gasteiger partial charge is 0.324 e. The van der Waals surface area contributed by atoms with Gasteiger partial charge in [-0.15, -0.1) is 0 Å². The van der Waals surface area contributed by atoms with Gasteiger partial charge >= 0.3 is 0 Å². The van der Waals surface area contributed by atoms with Gasteiger partial charge < -0.3 is 10.6 Å². The minimum atomic E-state index is -0.0632. The first-order valence-corrected chi connectivity index (χ1v) is 7.40. The number of nitrogens with one attached hydrogen (secondary N) is 2. The molecule has 114 valence electrons. The fraction of sp³-hybridized carbons (Fsp3) is 0.500. The normalized spacial score (nSPS) is 18.7. The summed E-state index contributed by atoms with van der Waals surface area (Å²) >= 11 is 0. The van der Waals surface area contributed by atoms with Crippen LogP contribution in [0.15, 0.2) is 24.3 Å². The fourth-order valence-corrected chi connectivity index (χ4v) is 2.84. The van der Waals surface area contributed by atoms with Gasteiger partial charge in [-0.2, -0.15) is 0 Å². The summed E-state index contributed by atoms with van der Waals surface area (Å²) in [6.45, 7) is 3.73. The zero-order valence-corrected chi connectivity index (χ0v) is 12.7. The number of carbonyl (C=O) groups excluding carboxylic acids is 2. The maximum Gasteiger partial charge on any atom is 0.238 e. The number of nitrogens with zero attached hydrogens (tertiary/aromatic N) is 1. The molecule has 1 aromatic rings. The molecule has 21 heavy (non-hydrogen) atoms. The third-order valence-electron chi connectivity index (χ3n) is 3.87. The molecule has 1 aromatic carbocycles. The van der Waals surface area contributed by atoms with Crippen LogP contribution in [0.2, 0.25) is 0 Å². The lowest BCUT2D eigenvalue weighted by atomic mass is 10.1. The number of Topliss-reactive ketones (excluding diaryl/α,β-unsaturated/α-hetero) is 1. The maximum atomic E-state index is 12.2. The van der Waals surface area contributed by atoms with Crippen LogP contribution < -0.4 is 10.6 Å². The minimum Gasteiger partial charge on any atom is -0.324 e. The third kappa shape index (κ3) is 4.12. The predicted octanol–water partition coefficient (Wildman–Crippen LogP) is 1.51. The Labute approximate surface area is 125 Å². The van der Waals surface area contributed by atoms with Crippen molar-refractivity contribution < 1.29 is 9.59 Å². The van der Waals surface area contributed by atoms with Crippen LogP contribution in [0.5, 0.6) is 0 Å². The molecule has 1 aliphatic heterocycles. The van der Waals surface area contributed by atoms with E-state index >= 15 is 0 Å². The summed E-state index contributed by atoms with van der Waals surface area (Å²) in [5.74, 6) is -0.105. The van der Waals surface area contributed by atoms with E-state index in [1.807, 2.05) is 13.1 Å². The van der Waals surface area contributed by atoms with Gasteiger partial charge in [0.1, 0.15) is 0 Å². The molecule has 0 bridgehead atoms. The quantitative estimate of drug-likeness (QED) is 0.779. The second kappa shape index (κ2) is 7.33. The molecule has 0 aliphatic carbocycles. The number of anilines is 1. The molecule has 1 aliphatic rings. The van der Waals surface area contributed by atoms with Crippen molar-refractivity contribution in [1.29, 1.82) is 0 Å². The molecule has 1 saturated heterocycles. The van der Waals surface area contributed by atoms with E-state index in [0.29, 0.717) is 23.8 Å². The number of hydrogen-bond acceptors (Lipinski definition) is 4. The molecule has 0 aromatic heterocycles. The van der Waals surface area contributed by atoms with E-state index in [9.17, 15) is 9.59 Å². The smallest absolute Gasteiger partial charge is 0.238 e. The van der Waals surface area contributed by atoms with Crippen molar-refractivity contribution in [2.24, 2.45) is 0 Å². The molecular weight excluding hydrogens is 266 g/mol. The Morgan fingerprint density at radius 1 is 1.33 bits per heavy atom. The Kier molecular flexibility index (Phi) is 5.47. The van der Waals surface area contributed by atoms with Gasteiger partial charge in [-0.1, -0.05) is 12.1 Å². The number of ketones is 1. The van der Waals surface area contributed by atoms with E-state index in [0.717, 1.165) is 25.9 Å². The number of hydrogen-bond donors (Lipinski definition) is 2. The van der Waals surface area contributed by atoms with Crippen LogP contribution in [0, 0.1) is 0 Å². The first kappa shape index (κ1) is 15.7. The lowest BCUT2D eigenvalue weighted by molar-refractivity contribution is -0.117. The van der Waals surface area contributed by atoms with Crippen molar-refractivity contribution in [1.82, 2.24) is 10.2 Å². The number of amides is 1. The van der Waals surface area contributed by atoms with Crippen molar-refractivity contribution in [2.75, 3.05) is 32.0 Å². The van der Waals surface area contributed by atoms with Crippen LogP contribution in [-0.2, 0) is 4.79 Å². The summed E-state index contributed by atoms with van der Waals surface area (Å²) in [5.41, 5.74) is 1.15. The van der Waals surface area contributed by atoms with Crippen LogP contribution in [0.3, 0.4) is 0 Å². The molecule has 1 heterocycles. The molecule has 1 atom stereocenters. The summed E-state index contributed by atoms with van der Waals surface area (Å²) in [4.78, 5) is 26.0. The van der Waals surface area contributed by atoms with Crippen LogP contribution in [0.25, 0.3) is 0 Å². The van der Waals surface area contributed by atoms with E-state index in [1.54, 1.807) is 18.2 Å². The summed E-state index contributed by atoms with van der Waals surface area (Å²) in [7, 11) is 1.93. The van der Waals surface area contributed by atoms with Gasteiger partial charge in [0.25, 0.3) is 0 Å². The maximum absolute atomic E-state index is 12.2. The van der Waals surface area contributed by atoms with E-state index in [-0.39, 0.29) is 11.7 Å². The Morgan fingerprint density at radius 2 is 2.10 bits per heavy atom. The Bertz CT molecular complexity index is 516. The monoisotopic (exact) mass is 289 g/mol. The Morgan fingerprint density at radius 3 is 2.81 bits per heavy atom. The van der Waals surface area contributed by atoms with E-state index in [1.165, 1.54) is 6.92 Å². The molecular formula is C16H23N3O2. The fourth-order valence-electron chi connectivity index (χ4n) is 2.84. The van der Waals surface area contributed by atoms with E-state index in [2.05, 4.69) is 15.5 Å². The van der Waals surface area contributed by atoms with Crippen LogP contribution >= 0.6 is 0 Å². The minimum absolute atomic E-state index is 0.0415. The second-order valence-electron chi connectivity index (χ2n) is 5.47. The highest BCUT2D eigenvalue weighted by Crippen LogP contribution is 2.18. The summed E-state index contributed by atoms with van der Waals surface area (Å²) in [5, 5.41) is 6.03. The molecule has 1 unspecified atom stereocenters. The topological polar surface area (TPSA) is 61.4 Å². The lowest BCUT2D eigenvalue weighted by Gasteiger charge is -2.23. The number of likely N-dealkylation sites (N-methyl/N-ethyl adjacent to an activating group) is 1. The summed E-state index contributed by atoms with van der Waals surface area (Å²) < 4.78 is 0. The summed E-state index contributed by atoms with van der Waals surface area (Å²) in [6.07, 6.45) is 2.25. The average molecular weight is 289 g/mol. The highest BCUT2D eigenvalue weighted by molar-refractivity contribution is 6.04. The molecule has 1 amide bonds. The van der Waals surface area contributed by atoms with Gasteiger partial charge in [0, 0.05) is 18.2 Å². The highest BCUT2D eigenvalue weighted by Gasteiger charge is 2.25. The zero-order valence-electron chi connectivity index (χ0n) is 12.7. The lowest BCUT2D eigenvalue weighted by Crippen LogP contribution is -2.41. The van der Waals surface area contributed by atoms with Crippen molar-refractivity contribution in [2.45, 2.75) is 25.8 Å². The average Bonchev–Trinajstić information content (AvgIpc) is 2.86. The highest BCUT2D eigenvalue weighted by atomic mass is 16.2. The SMILES string of the molecule is CNCC1CCCN1CC(=O)Nc1ccccc1C(C)=O. The molecule has 0 spiro atoms. The van der Waals surface area contributed by atoms with Gasteiger partial charge in [-0.3, -0.25) is 14.5 Å². The number of likely N-dealkylation sites (tertiary alicyclic amines) is 1. The molecule has 0 saturated carbocycles. The van der Waals surface area contributed by atoms with Gasteiger partial charge in [0.15, 0.2) is 5.78 Å². The van der Waals surface area contributed by atoms with Gasteiger partial charge in [-0.25, -0.2) is 0 Å². The van der Waals surface area contributed by atoms with Crippen LogP contribution in [-0.4, -0.2) is 49.3 Å². The van der Waals surface area contributed by atoms with Gasteiger partial charge in [-0.05, 0) is 45.5 Å². The van der Waals surface area contributed by atoms with Crippen molar-refractivity contribution in [3.63, 3.8) is 0 Å². The number of carbonyl (C=O) groups is 2. The second-order valence-corrected chi connectivity index (χ2v) is 5.47. The van der Waals surface area contributed by atoms with Gasteiger partial charge in [0.05, 0.1) is 12.2 Å². The van der Waals surface area contributed by atoms with Gasteiger partial charge in [0.2, 0.25) is 5.91 Å². The molecule has 2 N–H and O–H groups in total.